The molecular formula is C13H17NO4. The van der Waals surface area contributed by atoms with Crippen molar-refractivity contribution in [3.63, 3.8) is 0 Å². The topological polar surface area (TPSA) is 55.8 Å². The van der Waals surface area contributed by atoms with Crippen molar-refractivity contribution in [2.24, 2.45) is 0 Å². The minimum Gasteiger partial charge on any atom is -0.497 e. The number of carbonyl (C=O) groups excluding carboxylic acids is 2. The van der Waals surface area contributed by atoms with Gasteiger partial charge in [0.05, 0.1) is 7.11 Å². The largest absolute Gasteiger partial charge is 0.497 e. The van der Waals surface area contributed by atoms with Gasteiger partial charge in [-0.1, -0.05) is 6.08 Å². The van der Waals surface area contributed by atoms with Gasteiger partial charge in [-0.3, -0.25) is 4.79 Å². The SMILES string of the molecule is COC1=C(OC(=O)C2CCCN2C=O)C=CCC1. The Hall–Kier alpha value is -1.78. The summed E-state index contributed by atoms with van der Waals surface area (Å²) in [4.78, 5) is 24.3. The van der Waals surface area contributed by atoms with E-state index in [0.29, 0.717) is 30.9 Å². The predicted molar refractivity (Wildman–Crippen MR) is 64.3 cm³/mol. The highest BCUT2D eigenvalue weighted by molar-refractivity contribution is 5.80. The lowest BCUT2D eigenvalue weighted by atomic mass is 10.1. The molecule has 1 amide bonds. The van der Waals surface area contributed by atoms with Crippen molar-refractivity contribution in [2.75, 3.05) is 13.7 Å². The number of ether oxygens (including phenoxy) is 2. The van der Waals surface area contributed by atoms with E-state index in [0.717, 1.165) is 19.3 Å². The molecule has 5 heteroatoms. The lowest BCUT2D eigenvalue weighted by molar-refractivity contribution is -0.146. The Morgan fingerprint density at radius 1 is 1.56 bits per heavy atom. The molecule has 0 bridgehead atoms. The van der Waals surface area contributed by atoms with Gasteiger partial charge in [0, 0.05) is 13.0 Å². The van der Waals surface area contributed by atoms with Gasteiger partial charge in [0.1, 0.15) is 11.8 Å². The lowest BCUT2D eigenvalue weighted by Crippen LogP contribution is -2.36. The number of hydrogen-bond donors (Lipinski definition) is 0. The molecule has 5 nitrogen and oxygen atoms in total. The van der Waals surface area contributed by atoms with E-state index in [2.05, 4.69) is 0 Å². The van der Waals surface area contributed by atoms with Gasteiger partial charge < -0.3 is 14.4 Å². The van der Waals surface area contributed by atoms with Crippen molar-refractivity contribution in [3.8, 4) is 0 Å². The van der Waals surface area contributed by atoms with Gasteiger partial charge in [-0.25, -0.2) is 4.79 Å². The van der Waals surface area contributed by atoms with Crippen LogP contribution in [0.5, 0.6) is 0 Å². The van der Waals surface area contributed by atoms with Gasteiger partial charge >= 0.3 is 5.97 Å². The number of allylic oxidation sites excluding steroid dienone is 3. The Morgan fingerprint density at radius 3 is 3.11 bits per heavy atom. The molecule has 1 saturated heterocycles. The molecule has 98 valence electrons. The number of esters is 1. The molecule has 0 N–H and O–H groups in total. The molecule has 0 radical (unpaired) electrons. The number of nitrogens with zero attached hydrogens (tertiary/aromatic N) is 1. The van der Waals surface area contributed by atoms with E-state index in [1.807, 2.05) is 6.08 Å². The van der Waals surface area contributed by atoms with E-state index in [-0.39, 0.29) is 5.97 Å². The molecule has 1 fully saturated rings. The number of rotatable bonds is 4. The summed E-state index contributed by atoms with van der Waals surface area (Å²) in [6.45, 7) is 0.620. The molecule has 1 aliphatic carbocycles. The molecule has 0 aromatic carbocycles. The molecule has 2 rings (SSSR count). The molecule has 0 saturated carbocycles. The second-order valence-corrected chi connectivity index (χ2v) is 4.35. The van der Waals surface area contributed by atoms with Gasteiger partial charge in [0.2, 0.25) is 6.41 Å². The number of amides is 1. The first kappa shape index (κ1) is 12.7. The minimum absolute atomic E-state index is 0.379. The zero-order valence-electron chi connectivity index (χ0n) is 10.4. The molecule has 0 aromatic rings. The number of hydrogen-bond acceptors (Lipinski definition) is 4. The average Bonchev–Trinajstić information content (AvgIpc) is 2.87. The molecular weight excluding hydrogens is 234 g/mol. The maximum atomic E-state index is 12.0. The van der Waals surface area contributed by atoms with Gasteiger partial charge in [0.15, 0.2) is 5.76 Å². The lowest BCUT2D eigenvalue weighted by Gasteiger charge is -2.20. The van der Waals surface area contributed by atoms with Crippen molar-refractivity contribution in [1.29, 1.82) is 0 Å². The van der Waals surface area contributed by atoms with E-state index in [1.54, 1.807) is 13.2 Å². The van der Waals surface area contributed by atoms with Crippen molar-refractivity contribution in [3.05, 3.63) is 23.7 Å². The summed E-state index contributed by atoms with van der Waals surface area (Å²) in [6, 6.07) is -0.455. The zero-order chi connectivity index (χ0) is 13.0. The second kappa shape index (κ2) is 5.71. The first-order valence-corrected chi connectivity index (χ1v) is 6.12. The Labute approximate surface area is 106 Å². The average molecular weight is 251 g/mol. The van der Waals surface area contributed by atoms with E-state index in [1.165, 1.54) is 4.90 Å². The van der Waals surface area contributed by atoms with Crippen LogP contribution in [0.4, 0.5) is 0 Å². The van der Waals surface area contributed by atoms with Crippen LogP contribution in [-0.2, 0) is 19.1 Å². The van der Waals surface area contributed by atoms with E-state index >= 15 is 0 Å². The van der Waals surface area contributed by atoms with Gasteiger partial charge in [0.25, 0.3) is 0 Å². The minimum atomic E-state index is -0.455. The fourth-order valence-electron chi connectivity index (χ4n) is 2.26. The molecule has 0 aromatic heterocycles. The fourth-order valence-corrected chi connectivity index (χ4v) is 2.26. The summed E-state index contributed by atoms with van der Waals surface area (Å²) in [5, 5.41) is 0. The standard InChI is InChI=1S/C13H17NO4/c1-17-11-6-2-3-7-12(11)18-13(16)10-5-4-8-14(10)9-15/h3,7,9-10H,2,4-6,8H2,1H3. The Morgan fingerprint density at radius 2 is 2.39 bits per heavy atom. The quantitative estimate of drug-likeness (QED) is 0.559. The zero-order valence-corrected chi connectivity index (χ0v) is 10.4. The molecule has 0 spiro atoms. The van der Waals surface area contributed by atoms with Crippen LogP contribution >= 0.6 is 0 Å². The highest BCUT2D eigenvalue weighted by Crippen LogP contribution is 2.23. The highest BCUT2D eigenvalue weighted by Gasteiger charge is 2.32. The smallest absolute Gasteiger partial charge is 0.334 e. The van der Waals surface area contributed by atoms with Gasteiger partial charge in [-0.2, -0.15) is 0 Å². The summed E-state index contributed by atoms with van der Waals surface area (Å²) in [5.74, 6) is 0.767. The van der Waals surface area contributed by atoms with Crippen molar-refractivity contribution in [2.45, 2.75) is 31.7 Å². The van der Waals surface area contributed by atoms with Crippen molar-refractivity contribution >= 4 is 12.4 Å². The third kappa shape index (κ3) is 2.55. The first-order valence-electron chi connectivity index (χ1n) is 6.12. The maximum absolute atomic E-state index is 12.0. The summed E-state index contributed by atoms with van der Waals surface area (Å²) in [5.41, 5.74) is 0. The number of likely N-dealkylation sites (tertiary alicyclic amines) is 1. The monoisotopic (exact) mass is 251 g/mol. The third-order valence-corrected chi connectivity index (χ3v) is 3.24. The van der Waals surface area contributed by atoms with Crippen LogP contribution in [0.25, 0.3) is 0 Å². The fraction of sp³-hybridized carbons (Fsp3) is 0.538. The summed E-state index contributed by atoms with van der Waals surface area (Å²) >= 11 is 0. The van der Waals surface area contributed by atoms with Crippen molar-refractivity contribution in [1.82, 2.24) is 4.90 Å². The van der Waals surface area contributed by atoms with Gasteiger partial charge in [-0.05, 0) is 25.3 Å². The van der Waals surface area contributed by atoms with Gasteiger partial charge in [-0.15, -0.1) is 0 Å². The molecule has 18 heavy (non-hydrogen) atoms. The molecule has 1 unspecified atom stereocenters. The Balaban J connectivity index is 2.04. The number of methoxy groups -OCH3 is 1. The maximum Gasteiger partial charge on any atom is 0.334 e. The van der Waals surface area contributed by atoms with E-state index < -0.39 is 6.04 Å². The van der Waals surface area contributed by atoms with Crippen LogP contribution in [0.1, 0.15) is 25.7 Å². The Kier molecular flexibility index (Phi) is 4.02. The molecule has 1 aliphatic heterocycles. The first-order chi connectivity index (χ1) is 8.76. The Bertz CT molecular complexity index is 400. The predicted octanol–water partition coefficient (Wildman–Crippen LogP) is 1.36. The van der Waals surface area contributed by atoms with Crippen molar-refractivity contribution < 1.29 is 19.1 Å². The van der Waals surface area contributed by atoms with Crippen LogP contribution in [0.2, 0.25) is 0 Å². The third-order valence-electron chi connectivity index (χ3n) is 3.24. The van der Waals surface area contributed by atoms with Crippen LogP contribution in [0, 0.1) is 0 Å². The molecule has 1 heterocycles. The van der Waals surface area contributed by atoms with Crippen LogP contribution in [0.15, 0.2) is 23.7 Å². The number of carbonyl (C=O) groups is 2. The second-order valence-electron chi connectivity index (χ2n) is 4.35. The van der Waals surface area contributed by atoms with E-state index in [9.17, 15) is 9.59 Å². The van der Waals surface area contributed by atoms with Crippen LogP contribution in [-0.4, -0.2) is 37.0 Å². The summed E-state index contributed by atoms with van der Waals surface area (Å²) in [7, 11) is 1.57. The molecule has 1 atom stereocenters. The summed E-state index contributed by atoms with van der Waals surface area (Å²) < 4.78 is 10.5. The normalized spacial score (nSPS) is 23.2. The summed E-state index contributed by atoms with van der Waals surface area (Å²) in [6.07, 6.45) is 7.52. The molecule has 2 aliphatic rings. The van der Waals surface area contributed by atoms with E-state index in [4.69, 9.17) is 9.47 Å². The highest BCUT2D eigenvalue weighted by atomic mass is 16.6. The van der Waals surface area contributed by atoms with Crippen LogP contribution < -0.4 is 0 Å². The van der Waals surface area contributed by atoms with Crippen LogP contribution in [0.3, 0.4) is 0 Å².